The number of aryl methyl sites for hydroxylation is 1. The van der Waals surface area contributed by atoms with Crippen LogP contribution in [0.2, 0.25) is 0 Å². The summed E-state index contributed by atoms with van der Waals surface area (Å²) in [5.74, 6) is -0.552. The van der Waals surface area contributed by atoms with E-state index in [1.165, 1.54) is 6.07 Å². The molecule has 1 aromatic carbocycles. The predicted octanol–water partition coefficient (Wildman–Crippen LogP) is 1.64. The first kappa shape index (κ1) is 6.08. The third kappa shape index (κ3) is 1.19. The van der Waals surface area contributed by atoms with Gasteiger partial charge in [-0.1, -0.05) is 0 Å². The van der Waals surface area contributed by atoms with E-state index in [0.29, 0.717) is 5.56 Å². The van der Waals surface area contributed by atoms with Crippen molar-refractivity contribution >= 4 is 0 Å². The second-order valence-corrected chi connectivity index (χ2v) is 1.85. The lowest BCUT2D eigenvalue weighted by Crippen LogP contribution is -1.78. The summed E-state index contributed by atoms with van der Waals surface area (Å²) in [6.45, 7) is 1.62. The van der Waals surface area contributed by atoms with Crippen LogP contribution in [0.15, 0.2) is 12.1 Å². The molecule has 1 nitrogen and oxygen atoms in total. The van der Waals surface area contributed by atoms with Gasteiger partial charge in [0.25, 0.3) is 0 Å². The molecule has 0 amide bonds. The largest absolute Gasteiger partial charge is 0.507 e. The quantitative estimate of drug-likeness (QED) is 0.558. The Morgan fingerprint density at radius 2 is 2.33 bits per heavy atom. The molecule has 2 heteroatoms. The van der Waals surface area contributed by atoms with Crippen LogP contribution in [0.5, 0.6) is 5.75 Å². The summed E-state index contributed by atoms with van der Waals surface area (Å²) in [6.07, 6.45) is 0. The van der Waals surface area contributed by atoms with Gasteiger partial charge in [0.05, 0.1) is 0 Å². The molecular formula is C7H6FO. The fourth-order valence-electron chi connectivity index (χ4n) is 0.527. The molecule has 47 valence electrons. The minimum atomic E-state index is -0.397. The summed E-state index contributed by atoms with van der Waals surface area (Å²) in [5.41, 5.74) is 0.493. The van der Waals surface area contributed by atoms with Gasteiger partial charge in [-0.3, -0.25) is 0 Å². The Bertz CT molecular complexity index is 220. The molecular weight excluding hydrogens is 119 g/mol. The van der Waals surface area contributed by atoms with Gasteiger partial charge in [0.2, 0.25) is 0 Å². The molecule has 0 bridgehead atoms. The molecule has 1 rings (SSSR count). The van der Waals surface area contributed by atoms with Crippen molar-refractivity contribution in [3.05, 3.63) is 29.6 Å². The average molecular weight is 125 g/mol. The normalized spacial score (nSPS) is 9.56. The molecule has 9 heavy (non-hydrogen) atoms. The lowest BCUT2D eigenvalue weighted by Gasteiger charge is -1.93. The van der Waals surface area contributed by atoms with Crippen LogP contribution < -0.4 is 0 Å². The molecule has 1 aromatic rings. The summed E-state index contributed by atoms with van der Waals surface area (Å²) in [6, 6.07) is 4.90. The molecule has 0 aliphatic rings. The Hall–Kier alpha value is -1.05. The smallest absolute Gasteiger partial charge is 0.129 e. The zero-order valence-electron chi connectivity index (χ0n) is 4.98. The van der Waals surface area contributed by atoms with Crippen molar-refractivity contribution in [1.82, 2.24) is 0 Å². The molecule has 0 aliphatic heterocycles. The average Bonchev–Trinajstić information content (AvgIpc) is 1.80. The van der Waals surface area contributed by atoms with Crippen molar-refractivity contribution < 1.29 is 9.50 Å². The van der Waals surface area contributed by atoms with Crippen LogP contribution in [-0.4, -0.2) is 5.11 Å². The van der Waals surface area contributed by atoms with Crippen LogP contribution in [0, 0.1) is 18.8 Å². The van der Waals surface area contributed by atoms with E-state index in [-0.39, 0.29) is 5.75 Å². The van der Waals surface area contributed by atoms with Gasteiger partial charge in [-0.25, -0.2) is 4.39 Å². The van der Waals surface area contributed by atoms with Gasteiger partial charge in [-0.2, -0.15) is 0 Å². The third-order valence-corrected chi connectivity index (χ3v) is 1.08. The number of benzene rings is 1. The molecule has 0 fully saturated rings. The second kappa shape index (κ2) is 2.05. The Kier molecular flexibility index (Phi) is 1.39. The number of rotatable bonds is 0. The standard InChI is InChI=1S/C7H6FO/c1-5-2-3-6(9)4-7(5)8/h2,4,9H,1H3. The fraction of sp³-hybridized carbons (Fsp3) is 0.143. The van der Waals surface area contributed by atoms with Crippen molar-refractivity contribution in [2.45, 2.75) is 6.92 Å². The highest BCUT2D eigenvalue weighted by Gasteiger charge is 1.95. The van der Waals surface area contributed by atoms with Crippen molar-refractivity contribution in [2.24, 2.45) is 0 Å². The second-order valence-electron chi connectivity index (χ2n) is 1.85. The minimum Gasteiger partial charge on any atom is -0.507 e. The Morgan fingerprint density at radius 3 is 2.78 bits per heavy atom. The van der Waals surface area contributed by atoms with E-state index in [1.807, 2.05) is 0 Å². The van der Waals surface area contributed by atoms with E-state index < -0.39 is 5.82 Å². The maximum atomic E-state index is 12.4. The van der Waals surface area contributed by atoms with E-state index in [4.69, 9.17) is 5.11 Å². The molecule has 0 aromatic heterocycles. The summed E-state index contributed by atoms with van der Waals surface area (Å²) in [5, 5.41) is 8.64. The van der Waals surface area contributed by atoms with E-state index in [1.54, 1.807) is 6.92 Å². The van der Waals surface area contributed by atoms with Gasteiger partial charge in [0.15, 0.2) is 0 Å². The zero-order valence-corrected chi connectivity index (χ0v) is 4.98. The van der Waals surface area contributed by atoms with E-state index in [2.05, 4.69) is 6.07 Å². The van der Waals surface area contributed by atoms with Gasteiger partial charge in [0, 0.05) is 12.1 Å². The minimum absolute atomic E-state index is 0.155. The number of aromatic hydroxyl groups is 1. The molecule has 0 atom stereocenters. The molecule has 0 saturated carbocycles. The Morgan fingerprint density at radius 1 is 1.67 bits per heavy atom. The maximum absolute atomic E-state index is 12.4. The summed E-state index contributed by atoms with van der Waals surface area (Å²) >= 11 is 0. The van der Waals surface area contributed by atoms with Crippen LogP contribution >= 0.6 is 0 Å². The van der Waals surface area contributed by atoms with Gasteiger partial charge in [-0.15, -0.1) is 0 Å². The molecule has 0 spiro atoms. The van der Waals surface area contributed by atoms with Crippen molar-refractivity contribution in [1.29, 1.82) is 0 Å². The number of halogens is 1. The number of hydrogen-bond acceptors (Lipinski definition) is 1. The van der Waals surface area contributed by atoms with Gasteiger partial charge >= 0.3 is 0 Å². The molecule has 0 saturated heterocycles. The van der Waals surface area contributed by atoms with Crippen LogP contribution in [-0.2, 0) is 0 Å². The SMILES string of the molecule is Cc1c[c]c(O)cc1F. The monoisotopic (exact) mass is 125 g/mol. The molecule has 0 aliphatic carbocycles. The first-order chi connectivity index (χ1) is 4.20. The molecule has 1 N–H and O–H groups in total. The van der Waals surface area contributed by atoms with Gasteiger partial charge < -0.3 is 5.11 Å². The molecule has 0 heterocycles. The lowest BCUT2D eigenvalue weighted by molar-refractivity contribution is 0.467. The number of hydrogen-bond donors (Lipinski definition) is 1. The van der Waals surface area contributed by atoms with Gasteiger partial charge in [-0.05, 0) is 18.6 Å². The Balaban J connectivity index is 3.17. The highest BCUT2D eigenvalue weighted by Crippen LogP contribution is 2.12. The van der Waals surface area contributed by atoms with E-state index in [9.17, 15) is 4.39 Å². The number of phenols is 1. The summed E-state index contributed by atoms with van der Waals surface area (Å²) in [4.78, 5) is 0. The highest BCUT2D eigenvalue weighted by atomic mass is 19.1. The first-order valence-corrected chi connectivity index (χ1v) is 2.57. The molecule has 1 radical (unpaired) electrons. The van der Waals surface area contributed by atoms with Gasteiger partial charge in [0.1, 0.15) is 11.6 Å². The Labute approximate surface area is 52.8 Å². The van der Waals surface area contributed by atoms with Crippen molar-refractivity contribution in [3.63, 3.8) is 0 Å². The number of phenolic OH excluding ortho intramolecular Hbond substituents is 1. The maximum Gasteiger partial charge on any atom is 0.129 e. The van der Waals surface area contributed by atoms with E-state index >= 15 is 0 Å². The lowest BCUT2D eigenvalue weighted by atomic mass is 10.2. The molecule has 0 unspecified atom stereocenters. The van der Waals surface area contributed by atoms with Crippen LogP contribution in [0.1, 0.15) is 5.56 Å². The van der Waals surface area contributed by atoms with Crippen molar-refractivity contribution in [2.75, 3.05) is 0 Å². The fourth-order valence-corrected chi connectivity index (χ4v) is 0.527. The predicted molar refractivity (Wildman–Crippen MR) is 31.6 cm³/mol. The van der Waals surface area contributed by atoms with Crippen molar-refractivity contribution in [3.8, 4) is 5.75 Å². The zero-order chi connectivity index (χ0) is 6.85. The van der Waals surface area contributed by atoms with Crippen LogP contribution in [0.25, 0.3) is 0 Å². The topological polar surface area (TPSA) is 20.2 Å². The van der Waals surface area contributed by atoms with Crippen LogP contribution in [0.4, 0.5) is 4.39 Å². The first-order valence-electron chi connectivity index (χ1n) is 2.57. The highest BCUT2D eigenvalue weighted by molar-refractivity contribution is 5.25. The third-order valence-electron chi connectivity index (χ3n) is 1.08. The van der Waals surface area contributed by atoms with Crippen LogP contribution in [0.3, 0.4) is 0 Å². The summed E-state index contributed by atoms with van der Waals surface area (Å²) in [7, 11) is 0. The van der Waals surface area contributed by atoms with E-state index in [0.717, 1.165) is 6.07 Å². The summed E-state index contributed by atoms with van der Waals surface area (Å²) < 4.78 is 12.4.